The maximum Gasteiger partial charge on any atom is 0.413 e. The molecule has 4 aromatic rings. The third kappa shape index (κ3) is 7.10. The van der Waals surface area contributed by atoms with E-state index in [1.165, 1.54) is 0 Å². The summed E-state index contributed by atoms with van der Waals surface area (Å²) < 4.78 is 7.18. The maximum absolute atomic E-state index is 12.8. The molecule has 0 aliphatic rings. The first-order valence-corrected chi connectivity index (χ1v) is 12.5. The van der Waals surface area contributed by atoms with E-state index in [-0.39, 0.29) is 6.42 Å². The Bertz CT molecular complexity index is 1420. The van der Waals surface area contributed by atoms with Crippen molar-refractivity contribution in [2.24, 2.45) is 7.05 Å². The SMILES string of the molecule is CC(OC(=O)Nc1c(-c2ccc(C(=O)NC(CCc3ccccc3)C(=O)O)cc2)ncn1C)c1ccccc1. The van der Waals surface area contributed by atoms with Crippen molar-refractivity contribution in [3.8, 4) is 11.3 Å². The molecule has 9 heteroatoms. The van der Waals surface area contributed by atoms with Crippen LogP contribution in [0.4, 0.5) is 10.6 Å². The third-order valence-electron chi connectivity index (χ3n) is 6.30. The van der Waals surface area contributed by atoms with E-state index in [0.29, 0.717) is 29.1 Å². The lowest BCUT2D eigenvalue weighted by molar-refractivity contribution is -0.139. The summed E-state index contributed by atoms with van der Waals surface area (Å²) in [6, 6.07) is 24.5. The van der Waals surface area contributed by atoms with Gasteiger partial charge in [-0.25, -0.2) is 14.6 Å². The number of hydrogen-bond donors (Lipinski definition) is 3. The minimum atomic E-state index is -1.09. The number of imidazole rings is 1. The normalized spacial score (nSPS) is 12.3. The standard InChI is InChI=1S/C30H30N4O5/c1-20(22-11-7-4-8-12-22)39-30(38)33-27-26(31-19-34(27)2)23-14-16-24(17-15-23)28(35)32-25(29(36)37)18-13-21-9-5-3-6-10-21/h3-12,14-17,19-20,25H,13,18H2,1-2H3,(H,32,35)(H,33,38)(H,36,37). The first-order valence-electron chi connectivity index (χ1n) is 12.5. The number of aromatic nitrogens is 2. The first-order chi connectivity index (χ1) is 18.8. The number of carbonyl (C=O) groups is 3. The Kier molecular flexibility index (Phi) is 8.73. The lowest BCUT2D eigenvalue weighted by Crippen LogP contribution is -2.41. The van der Waals surface area contributed by atoms with Crippen LogP contribution in [0, 0.1) is 0 Å². The molecule has 3 N–H and O–H groups in total. The quantitative estimate of drug-likeness (QED) is 0.261. The minimum Gasteiger partial charge on any atom is -0.480 e. The van der Waals surface area contributed by atoms with Crippen LogP contribution in [-0.2, 0) is 23.0 Å². The van der Waals surface area contributed by atoms with E-state index < -0.39 is 30.1 Å². The summed E-state index contributed by atoms with van der Waals surface area (Å²) in [4.78, 5) is 41.5. The Morgan fingerprint density at radius 3 is 2.23 bits per heavy atom. The van der Waals surface area contributed by atoms with Gasteiger partial charge in [0, 0.05) is 18.2 Å². The van der Waals surface area contributed by atoms with E-state index in [1.54, 1.807) is 49.1 Å². The second-order valence-corrected chi connectivity index (χ2v) is 9.10. The maximum atomic E-state index is 12.8. The molecule has 4 rings (SSSR count). The number of nitrogens with zero attached hydrogens (tertiary/aromatic N) is 2. The summed E-state index contributed by atoms with van der Waals surface area (Å²) in [6.45, 7) is 1.79. The molecule has 0 radical (unpaired) electrons. The zero-order valence-corrected chi connectivity index (χ0v) is 21.7. The van der Waals surface area contributed by atoms with Crippen molar-refractivity contribution in [2.45, 2.75) is 31.9 Å². The highest BCUT2D eigenvalue weighted by Crippen LogP contribution is 2.27. The average Bonchev–Trinajstić information content (AvgIpc) is 3.31. The summed E-state index contributed by atoms with van der Waals surface area (Å²) in [5, 5.41) is 15.0. The van der Waals surface area contributed by atoms with Crippen LogP contribution in [0.2, 0.25) is 0 Å². The molecule has 9 nitrogen and oxygen atoms in total. The van der Waals surface area contributed by atoms with E-state index >= 15 is 0 Å². The molecule has 0 bridgehead atoms. The van der Waals surface area contributed by atoms with E-state index in [0.717, 1.165) is 11.1 Å². The van der Waals surface area contributed by atoms with Crippen LogP contribution < -0.4 is 10.6 Å². The molecule has 1 aromatic heterocycles. The van der Waals surface area contributed by atoms with Gasteiger partial charge in [0.15, 0.2) is 0 Å². The number of anilines is 1. The summed E-state index contributed by atoms with van der Waals surface area (Å²) in [6.07, 6.45) is 1.30. The molecule has 39 heavy (non-hydrogen) atoms. The predicted molar refractivity (Wildman–Crippen MR) is 147 cm³/mol. The van der Waals surface area contributed by atoms with Gasteiger partial charge in [-0.15, -0.1) is 0 Å². The van der Waals surface area contributed by atoms with Gasteiger partial charge < -0.3 is 19.7 Å². The van der Waals surface area contributed by atoms with Gasteiger partial charge in [-0.1, -0.05) is 72.8 Å². The van der Waals surface area contributed by atoms with Gasteiger partial charge in [-0.2, -0.15) is 0 Å². The number of carboxylic acid groups (broad SMARTS) is 1. The molecule has 1 heterocycles. The van der Waals surface area contributed by atoms with Crippen molar-refractivity contribution in [3.63, 3.8) is 0 Å². The smallest absolute Gasteiger partial charge is 0.413 e. The monoisotopic (exact) mass is 526 g/mol. The first kappa shape index (κ1) is 27.1. The van der Waals surface area contributed by atoms with Crippen molar-refractivity contribution in [2.75, 3.05) is 5.32 Å². The van der Waals surface area contributed by atoms with Crippen LogP contribution in [0.3, 0.4) is 0 Å². The van der Waals surface area contributed by atoms with Crippen LogP contribution in [0.1, 0.15) is 40.9 Å². The van der Waals surface area contributed by atoms with Crippen molar-refractivity contribution in [1.29, 1.82) is 0 Å². The average molecular weight is 527 g/mol. The summed E-state index contributed by atoms with van der Waals surface area (Å²) >= 11 is 0. The highest BCUT2D eigenvalue weighted by Gasteiger charge is 2.21. The highest BCUT2D eigenvalue weighted by atomic mass is 16.6. The Balaban J connectivity index is 1.40. The van der Waals surface area contributed by atoms with Gasteiger partial charge in [0.25, 0.3) is 5.91 Å². The van der Waals surface area contributed by atoms with Gasteiger partial charge in [-0.3, -0.25) is 10.1 Å². The number of aryl methyl sites for hydroxylation is 2. The van der Waals surface area contributed by atoms with E-state index in [9.17, 15) is 19.5 Å². The molecule has 0 saturated carbocycles. The Morgan fingerprint density at radius 1 is 0.949 bits per heavy atom. The molecule has 2 unspecified atom stereocenters. The second-order valence-electron chi connectivity index (χ2n) is 9.10. The third-order valence-corrected chi connectivity index (χ3v) is 6.30. The number of ether oxygens (including phenoxy) is 1. The Morgan fingerprint density at radius 2 is 1.59 bits per heavy atom. The fraction of sp³-hybridized carbons (Fsp3) is 0.200. The fourth-order valence-electron chi connectivity index (χ4n) is 4.10. The van der Waals surface area contributed by atoms with Crippen molar-refractivity contribution >= 4 is 23.8 Å². The van der Waals surface area contributed by atoms with Crippen molar-refractivity contribution in [3.05, 3.63) is 108 Å². The van der Waals surface area contributed by atoms with E-state index in [1.807, 2.05) is 60.7 Å². The topological polar surface area (TPSA) is 123 Å². The van der Waals surface area contributed by atoms with Crippen LogP contribution in [-0.4, -0.2) is 38.7 Å². The summed E-state index contributed by atoms with van der Waals surface area (Å²) in [5.74, 6) is -1.14. The molecule has 0 aliphatic heterocycles. The van der Waals surface area contributed by atoms with Crippen LogP contribution in [0.5, 0.6) is 0 Å². The van der Waals surface area contributed by atoms with Crippen LogP contribution in [0.25, 0.3) is 11.3 Å². The number of rotatable bonds is 10. The number of nitrogens with one attached hydrogen (secondary N) is 2. The molecule has 0 saturated heterocycles. The Hall–Kier alpha value is -4.92. The van der Waals surface area contributed by atoms with Crippen LogP contribution >= 0.6 is 0 Å². The lowest BCUT2D eigenvalue weighted by atomic mass is 10.0. The number of hydrogen-bond acceptors (Lipinski definition) is 5. The molecule has 0 fully saturated rings. The molecule has 0 aliphatic carbocycles. The number of aliphatic carboxylic acids is 1. The highest BCUT2D eigenvalue weighted by molar-refractivity contribution is 5.97. The predicted octanol–water partition coefficient (Wildman–Crippen LogP) is 5.21. The Labute approximate surface area is 226 Å². The minimum absolute atomic E-state index is 0.269. The molecule has 0 spiro atoms. The fourth-order valence-corrected chi connectivity index (χ4v) is 4.10. The van der Waals surface area contributed by atoms with Crippen LogP contribution in [0.15, 0.2) is 91.3 Å². The van der Waals surface area contributed by atoms with E-state index in [4.69, 9.17) is 4.74 Å². The van der Waals surface area contributed by atoms with Gasteiger partial charge in [0.05, 0.1) is 6.33 Å². The number of benzene rings is 3. The number of amides is 2. The van der Waals surface area contributed by atoms with Crippen molar-refractivity contribution < 1.29 is 24.2 Å². The largest absolute Gasteiger partial charge is 0.480 e. The van der Waals surface area contributed by atoms with Gasteiger partial charge in [0.1, 0.15) is 23.7 Å². The molecule has 3 aromatic carbocycles. The zero-order valence-electron chi connectivity index (χ0n) is 21.7. The van der Waals surface area contributed by atoms with Crippen molar-refractivity contribution in [1.82, 2.24) is 14.9 Å². The molecular weight excluding hydrogens is 496 g/mol. The molecule has 200 valence electrons. The molecule has 2 amide bonds. The number of carbonyl (C=O) groups excluding carboxylic acids is 2. The second kappa shape index (κ2) is 12.6. The number of carboxylic acids is 1. The lowest BCUT2D eigenvalue weighted by Gasteiger charge is -2.15. The zero-order chi connectivity index (χ0) is 27.8. The molecular formula is C30H30N4O5. The van der Waals surface area contributed by atoms with E-state index in [2.05, 4.69) is 15.6 Å². The summed E-state index contributed by atoms with van der Waals surface area (Å²) in [5.41, 5.74) is 3.35. The van der Waals surface area contributed by atoms with Gasteiger partial charge in [0.2, 0.25) is 0 Å². The van der Waals surface area contributed by atoms with Gasteiger partial charge in [-0.05, 0) is 43.0 Å². The summed E-state index contributed by atoms with van der Waals surface area (Å²) in [7, 11) is 1.75. The van der Waals surface area contributed by atoms with Gasteiger partial charge >= 0.3 is 12.1 Å². The molecule has 2 atom stereocenters.